The van der Waals surface area contributed by atoms with E-state index in [-0.39, 0.29) is 17.4 Å². The van der Waals surface area contributed by atoms with Gasteiger partial charge in [0.2, 0.25) is 0 Å². The first-order chi connectivity index (χ1) is 10.0. The van der Waals surface area contributed by atoms with Gasteiger partial charge >= 0.3 is 5.69 Å². The molecule has 0 amide bonds. The largest absolute Gasteiger partial charge is 0.376 e. The van der Waals surface area contributed by atoms with E-state index in [1.54, 1.807) is 12.1 Å². The SMILES string of the molecule is CC(Nc1cccc(F)c1F)c1ccc2[nH]c(=O)[nH]c2c1. The molecular weight excluding hydrogens is 276 g/mol. The number of aromatic nitrogens is 2. The van der Waals surface area contributed by atoms with E-state index in [0.717, 1.165) is 11.6 Å². The summed E-state index contributed by atoms with van der Waals surface area (Å²) in [4.78, 5) is 16.5. The fourth-order valence-corrected chi connectivity index (χ4v) is 2.25. The summed E-state index contributed by atoms with van der Waals surface area (Å²) in [7, 11) is 0. The van der Waals surface area contributed by atoms with Crippen LogP contribution in [0.25, 0.3) is 11.0 Å². The quantitative estimate of drug-likeness (QED) is 0.692. The Kier molecular flexibility index (Phi) is 3.21. The van der Waals surface area contributed by atoms with Gasteiger partial charge in [-0.3, -0.25) is 0 Å². The third-order valence-electron chi connectivity index (χ3n) is 3.36. The minimum absolute atomic E-state index is 0.102. The molecule has 21 heavy (non-hydrogen) atoms. The molecule has 0 saturated heterocycles. The lowest BCUT2D eigenvalue weighted by Gasteiger charge is -2.16. The predicted molar refractivity (Wildman–Crippen MR) is 77.3 cm³/mol. The zero-order chi connectivity index (χ0) is 15.0. The Morgan fingerprint density at radius 3 is 2.67 bits per heavy atom. The molecule has 1 atom stereocenters. The summed E-state index contributed by atoms with van der Waals surface area (Å²) in [5, 5.41) is 2.92. The van der Waals surface area contributed by atoms with E-state index in [0.29, 0.717) is 11.0 Å². The van der Waals surface area contributed by atoms with E-state index in [4.69, 9.17) is 0 Å². The highest BCUT2D eigenvalue weighted by Gasteiger charge is 2.12. The van der Waals surface area contributed by atoms with Gasteiger partial charge in [-0.2, -0.15) is 0 Å². The van der Waals surface area contributed by atoms with E-state index >= 15 is 0 Å². The molecule has 1 unspecified atom stereocenters. The van der Waals surface area contributed by atoms with Gasteiger partial charge in [0.25, 0.3) is 0 Å². The lowest BCUT2D eigenvalue weighted by Crippen LogP contribution is -2.08. The highest BCUT2D eigenvalue weighted by molar-refractivity contribution is 5.75. The lowest BCUT2D eigenvalue weighted by atomic mass is 10.1. The van der Waals surface area contributed by atoms with Crippen molar-refractivity contribution in [2.45, 2.75) is 13.0 Å². The van der Waals surface area contributed by atoms with E-state index in [9.17, 15) is 13.6 Å². The zero-order valence-electron chi connectivity index (χ0n) is 11.2. The Labute approximate surface area is 118 Å². The summed E-state index contributed by atoms with van der Waals surface area (Å²) in [6, 6.07) is 9.13. The van der Waals surface area contributed by atoms with Crippen LogP contribution < -0.4 is 11.0 Å². The molecular formula is C15H13F2N3O. The van der Waals surface area contributed by atoms with Crippen molar-refractivity contribution in [2.75, 3.05) is 5.32 Å². The maximum Gasteiger partial charge on any atom is 0.323 e. The van der Waals surface area contributed by atoms with Crippen molar-refractivity contribution in [1.82, 2.24) is 9.97 Å². The number of aromatic amines is 2. The van der Waals surface area contributed by atoms with Crippen molar-refractivity contribution in [2.24, 2.45) is 0 Å². The van der Waals surface area contributed by atoms with Crippen LogP contribution in [0.2, 0.25) is 0 Å². The van der Waals surface area contributed by atoms with Crippen LogP contribution in [0.15, 0.2) is 41.2 Å². The van der Waals surface area contributed by atoms with Crippen molar-refractivity contribution in [3.63, 3.8) is 0 Å². The van der Waals surface area contributed by atoms with E-state index < -0.39 is 11.6 Å². The number of anilines is 1. The number of halogens is 2. The van der Waals surface area contributed by atoms with Gasteiger partial charge in [-0.25, -0.2) is 13.6 Å². The van der Waals surface area contributed by atoms with Crippen LogP contribution in [0.5, 0.6) is 0 Å². The summed E-state index contributed by atoms with van der Waals surface area (Å²) >= 11 is 0. The van der Waals surface area contributed by atoms with Crippen LogP contribution in [-0.4, -0.2) is 9.97 Å². The highest BCUT2D eigenvalue weighted by Crippen LogP contribution is 2.24. The molecule has 4 nitrogen and oxygen atoms in total. The van der Waals surface area contributed by atoms with Crippen molar-refractivity contribution in [3.05, 3.63) is 64.1 Å². The van der Waals surface area contributed by atoms with Crippen LogP contribution in [-0.2, 0) is 0 Å². The average molecular weight is 289 g/mol. The molecule has 0 saturated carbocycles. The van der Waals surface area contributed by atoms with Gasteiger partial charge in [0.15, 0.2) is 11.6 Å². The van der Waals surface area contributed by atoms with Gasteiger partial charge < -0.3 is 15.3 Å². The normalized spacial score (nSPS) is 12.5. The molecule has 0 aliphatic carbocycles. The predicted octanol–water partition coefficient (Wildman–Crippen LogP) is 3.31. The molecule has 108 valence electrons. The third-order valence-corrected chi connectivity index (χ3v) is 3.36. The smallest absolute Gasteiger partial charge is 0.323 e. The Hall–Kier alpha value is -2.63. The fraction of sp³-hybridized carbons (Fsp3) is 0.133. The first kappa shape index (κ1) is 13.4. The lowest BCUT2D eigenvalue weighted by molar-refractivity contribution is 0.510. The topological polar surface area (TPSA) is 60.7 Å². The fourth-order valence-electron chi connectivity index (χ4n) is 2.25. The molecule has 2 aromatic carbocycles. The van der Waals surface area contributed by atoms with Gasteiger partial charge in [0.1, 0.15) is 0 Å². The molecule has 3 N–H and O–H groups in total. The van der Waals surface area contributed by atoms with Crippen molar-refractivity contribution >= 4 is 16.7 Å². The second-order valence-corrected chi connectivity index (χ2v) is 4.85. The minimum atomic E-state index is -0.902. The summed E-state index contributed by atoms with van der Waals surface area (Å²) in [5.41, 5.74) is 2.05. The van der Waals surface area contributed by atoms with E-state index in [1.807, 2.05) is 13.0 Å². The van der Waals surface area contributed by atoms with E-state index in [1.165, 1.54) is 12.1 Å². The van der Waals surface area contributed by atoms with Gasteiger partial charge in [-0.1, -0.05) is 12.1 Å². The summed E-state index contributed by atoms with van der Waals surface area (Å²) in [6.07, 6.45) is 0. The second-order valence-electron chi connectivity index (χ2n) is 4.85. The van der Waals surface area contributed by atoms with Crippen molar-refractivity contribution < 1.29 is 8.78 Å². The number of nitrogens with one attached hydrogen (secondary N) is 3. The number of imidazole rings is 1. The molecule has 6 heteroatoms. The number of H-pyrrole nitrogens is 2. The molecule has 0 fully saturated rings. The Bertz CT molecular complexity index is 853. The first-order valence-corrected chi connectivity index (χ1v) is 6.47. The van der Waals surface area contributed by atoms with Crippen LogP contribution >= 0.6 is 0 Å². The molecule has 0 aliphatic rings. The van der Waals surface area contributed by atoms with Gasteiger partial charge in [-0.15, -0.1) is 0 Å². The highest BCUT2D eigenvalue weighted by atomic mass is 19.2. The molecule has 1 heterocycles. The molecule has 0 bridgehead atoms. The van der Waals surface area contributed by atoms with Crippen LogP contribution in [0.4, 0.5) is 14.5 Å². The molecule has 1 aromatic heterocycles. The molecule has 0 radical (unpaired) electrons. The van der Waals surface area contributed by atoms with Gasteiger partial charge in [0.05, 0.1) is 16.7 Å². The number of rotatable bonds is 3. The summed E-state index contributed by atoms with van der Waals surface area (Å²) in [6.45, 7) is 1.83. The number of fused-ring (bicyclic) bond motifs is 1. The zero-order valence-corrected chi connectivity index (χ0v) is 11.2. The molecule has 0 aliphatic heterocycles. The number of benzene rings is 2. The van der Waals surface area contributed by atoms with Gasteiger partial charge in [0, 0.05) is 6.04 Å². The van der Waals surface area contributed by atoms with E-state index in [2.05, 4.69) is 15.3 Å². The molecule has 3 aromatic rings. The maximum absolute atomic E-state index is 13.6. The number of hydrogen-bond acceptors (Lipinski definition) is 2. The summed E-state index contributed by atoms with van der Waals surface area (Å²) in [5.74, 6) is -1.79. The van der Waals surface area contributed by atoms with Crippen LogP contribution in [0, 0.1) is 11.6 Å². The Balaban J connectivity index is 1.91. The number of hydrogen-bond donors (Lipinski definition) is 3. The van der Waals surface area contributed by atoms with Gasteiger partial charge in [-0.05, 0) is 36.8 Å². The standard InChI is InChI=1S/C15H13F2N3O/c1-8(18-12-4-2-3-10(16)14(12)17)9-5-6-11-13(7-9)20-15(21)19-11/h2-8,18H,1H3,(H2,19,20,21). The Morgan fingerprint density at radius 1 is 1.10 bits per heavy atom. The minimum Gasteiger partial charge on any atom is -0.376 e. The second kappa shape index (κ2) is 5.05. The Morgan fingerprint density at radius 2 is 1.86 bits per heavy atom. The van der Waals surface area contributed by atoms with Crippen molar-refractivity contribution in [3.8, 4) is 0 Å². The average Bonchev–Trinajstić information content (AvgIpc) is 2.82. The molecule has 3 rings (SSSR count). The maximum atomic E-state index is 13.6. The van der Waals surface area contributed by atoms with Crippen LogP contribution in [0.3, 0.4) is 0 Å². The third kappa shape index (κ3) is 2.52. The van der Waals surface area contributed by atoms with Crippen LogP contribution in [0.1, 0.15) is 18.5 Å². The molecule has 0 spiro atoms. The van der Waals surface area contributed by atoms with Crippen molar-refractivity contribution in [1.29, 1.82) is 0 Å². The monoisotopic (exact) mass is 289 g/mol. The summed E-state index contributed by atoms with van der Waals surface area (Å²) < 4.78 is 26.8. The first-order valence-electron chi connectivity index (χ1n) is 6.47.